The molecule has 9 nitrogen and oxygen atoms in total. The van der Waals surface area contributed by atoms with E-state index in [2.05, 4.69) is 20.3 Å². The summed E-state index contributed by atoms with van der Waals surface area (Å²) >= 11 is 0. The molecule has 1 aromatic carbocycles. The minimum atomic E-state index is -0.643. The third-order valence-electron chi connectivity index (χ3n) is 4.43. The first-order valence-electron chi connectivity index (χ1n) is 8.60. The summed E-state index contributed by atoms with van der Waals surface area (Å²) in [5.74, 6) is 0.399. The van der Waals surface area contributed by atoms with Crippen molar-refractivity contribution in [2.24, 2.45) is 0 Å². The van der Waals surface area contributed by atoms with E-state index in [1.807, 2.05) is 43.3 Å². The molecule has 0 aliphatic carbocycles. The van der Waals surface area contributed by atoms with Crippen molar-refractivity contribution in [1.82, 2.24) is 25.2 Å². The topological polar surface area (TPSA) is 120 Å². The van der Waals surface area contributed by atoms with Crippen molar-refractivity contribution in [3.05, 3.63) is 68.5 Å². The summed E-state index contributed by atoms with van der Waals surface area (Å²) in [7, 11) is 5.46. The number of H-pyrrole nitrogens is 2. The fraction of sp³-hybridized carbons (Fsp3) is 0.263. The maximum atomic E-state index is 12.6. The van der Waals surface area contributed by atoms with E-state index >= 15 is 0 Å². The predicted octanol–water partition coefficient (Wildman–Crippen LogP) is 0.653. The Kier molecular flexibility index (Phi) is 5.55. The van der Waals surface area contributed by atoms with Crippen molar-refractivity contribution in [2.75, 3.05) is 27.7 Å². The Balaban J connectivity index is 1.78. The van der Waals surface area contributed by atoms with Crippen molar-refractivity contribution in [2.45, 2.75) is 6.04 Å². The van der Waals surface area contributed by atoms with Crippen LogP contribution in [-0.2, 0) is 0 Å². The fourth-order valence-electron chi connectivity index (χ4n) is 2.89. The van der Waals surface area contributed by atoms with Gasteiger partial charge in [0.2, 0.25) is 0 Å². The SMILES string of the molecule is COc1ccc(C(CNC(=O)c2cnc3[nH]c(=O)[nH]c(=O)c3c2)N(C)C)cc1. The number of fused-ring (bicyclic) bond motifs is 1. The molecule has 0 radical (unpaired) electrons. The van der Waals surface area contributed by atoms with Crippen molar-refractivity contribution in [3.8, 4) is 5.75 Å². The molecular weight excluding hydrogens is 362 g/mol. The molecule has 1 unspecified atom stereocenters. The fourth-order valence-corrected chi connectivity index (χ4v) is 2.89. The van der Waals surface area contributed by atoms with Gasteiger partial charge in [-0.05, 0) is 37.9 Å². The maximum absolute atomic E-state index is 12.6. The van der Waals surface area contributed by atoms with Gasteiger partial charge in [0.1, 0.15) is 11.4 Å². The smallest absolute Gasteiger partial charge is 0.327 e. The number of nitrogens with zero attached hydrogens (tertiary/aromatic N) is 2. The van der Waals surface area contributed by atoms with Gasteiger partial charge in [-0.1, -0.05) is 12.1 Å². The van der Waals surface area contributed by atoms with E-state index < -0.39 is 11.2 Å². The van der Waals surface area contributed by atoms with E-state index in [9.17, 15) is 14.4 Å². The molecule has 0 saturated heterocycles. The Morgan fingerprint density at radius 1 is 1.21 bits per heavy atom. The minimum Gasteiger partial charge on any atom is -0.497 e. The lowest BCUT2D eigenvalue weighted by Gasteiger charge is -2.25. The first-order valence-corrected chi connectivity index (χ1v) is 8.60. The number of pyridine rings is 1. The number of aromatic amines is 2. The van der Waals surface area contributed by atoms with E-state index in [4.69, 9.17) is 4.74 Å². The van der Waals surface area contributed by atoms with Gasteiger partial charge >= 0.3 is 5.69 Å². The minimum absolute atomic E-state index is 0.0528. The van der Waals surface area contributed by atoms with Crippen molar-refractivity contribution in [3.63, 3.8) is 0 Å². The van der Waals surface area contributed by atoms with Crippen LogP contribution in [0.1, 0.15) is 22.0 Å². The Morgan fingerprint density at radius 2 is 1.93 bits per heavy atom. The van der Waals surface area contributed by atoms with Gasteiger partial charge in [-0.25, -0.2) is 9.78 Å². The third kappa shape index (κ3) is 4.09. The number of carbonyl (C=O) groups is 1. The Morgan fingerprint density at radius 3 is 2.57 bits per heavy atom. The number of amides is 1. The van der Waals surface area contributed by atoms with E-state index in [1.54, 1.807) is 7.11 Å². The molecule has 146 valence electrons. The summed E-state index contributed by atoms with van der Waals surface area (Å²) in [6.07, 6.45) is 1.32. The molecule has 1 atom stereocenters. The standard InChI is InChI=1S/C19H21N5O4/c1-24(2)15(11-4-6-13(28-3)7-5-11)10-21-17(25)12-8-14-16(20-9-12)22-19(27)23-18(14)26/h4-9,15H,10H2,1-3H3,(H,21,25)(H2,20,22,23,26,27). The molecule has 0 spiro atoms. The van der Waals surface area contributed by atoms with Gasteiger partial charge in [-0.2, -0.15) is 0 Å². The number of aromatic nitrogens is 3. The van der Waals surface area contributed by atoms with Gasteiger partial charge < -0.3 is 15.0 Å². The van der Waals surface area contributed by atoms with Crippen molar-refractivity contribution < 1.29 is 9.53 Å². The highest BCUT2D eigenvalue weighted by atomic mass is 16.5. The molecule has 9 heteroatoms. The van der Waals surface area contributed by atoms with Crippen LogP contribution in [0.4, 0.5) is 0 Å². The molecular formula is C19H21N5O4. The molecule has 0 saturated carbocycles. The maximum Gasteiger partial charge on any atom is 0.327 e. The van der Waals surface area contributed by atoms with Crippen molar-refractivity contribution >= 4 is 16.9 Å². The van der Waals surface area contributed by atoms with E-state index in [-0.39, 0.29) is 28.5 Å². The molecule has 0 fully saturated rings. The third-order valence-corrected chi connectivity index (χ3v) is 4.43. The highest BCUT2D eigenvalue weighted by Crippen LogP contribution is 2.20. The van der Waals surface area contributed by atoms with Crippen LogP contribution in [0, 0.1) is 0 Å². The number of likely N-dealkylation sites (N-methyl/N-ethyl adjacent to an activating group) is 1. The first-order chi connectivity index (χ1) is 13.4. The van der Waals surface area contributed by atoms with E-state index in [0.29, 0.717) is 6.54 Å². The quantitative estimate of drug-likeness (QED) is 0.575. The lowest BCUT2D eigenvalue weighted by Crippen LogP contribution is -2.34. The summed E-state index contributed by atoms with van der Waals surface area (Å²) in [6, 6.07) is 8.99. The second-order valence-corrected chi connectivity index (χ2v) is 6.49. The van der Waals surface area contributed by atoms with Crippen molar-refractivity contribution in [1.29, 1.82) is 0 Å². The van der Waals surface area contributed by atoms with Crippen LogP contribution < -0.4 is 21.3 Å². The number of nitrogens with one attached hydrogen (secondary N) is 3. The molecule has 3 aromatic rings. The summed E-state index contributed by atoms with van der Waals surface area (Å²) in [6.45, 7) is 0.359. The summed E-state index contributed by atoms with van der Waals surface area (Å²) in [5.41, 5.74) is 0.157. The monoisotopic (exact) mass is 383 g/mol. The molecule has 0 aliphatic rings. The summed E-state index contributed by atoms with van der Waals surface area (Å²) in [4.78, 5) is 46.3. The Hall–Kier alpha value is -3.46. The highest BCUT2D eigenvalue weighted by molar-refractivity contribution is 5.96. The second kappa shape index (κ2) is 8.05. The molecule has 2 aromatic heterocycles. The number of rotatable bonds is 6. The number of methoxy groups -OCH3 is 1. The van der Waals surface area contributed by atoms with Gasteiger partial charge in [-0.15, -0.1) is 0 Å². The lowest BCUT2D eigenvalue weighted by molar-refractivity contribution is 0.0941. The molecule has 3 rings (SSSR count). The van der Waals surface area contributed by atoms with Crippen LogP contribution in [0.15, 0.2) is 46.1 Å². The first kappa shape index (κ1) is 19.3. The van der Waals surface area contributed by atoms with Crippen LogP contribution in [0.2, 0.25) is 0 Å². The van der Waals surface area contributed by atoms with Gasteiger partial charge in [-0.3, -0.25) is 19.6 Å². The van der Waals surface area contributed by atoms with Crippen LogP contribution in [0.3, 0.4) is 0 Å². The summed E-state index contributed by atoms with van der Waals surface area (Å²) in [5, 5.41) is 3.01. The summed E-state index contributed by atoms with van der Waals surface area (Å²) < 4.78 is 5.18. The molecule has 2 heterocycles. The predicted molar refractivity (Wildman–Crippen MR) is 105 cm³/mol. The van der Waals surface area contributed by atoms with Crippen LogP contribution in [-0.4, -0.2) is 53.5 Å². The Bertz CT molecular complexity index is 1100. The zero-order valence-corrected chi connectivity index (χ0v) is 15.8. The molecule has 0 aliphatic heterocycles. The van der Waals surface area contributed by atoms with E-state index in [1.165, 1.54) is 12.3 Å². The molecule has 1 amide bonds. The van der Waals surface area contributed by atoms with Crippen LogP contribution in [0.25, 0.3) is 11.0 Å². The number of ether oxygens (including phenoxy) is 1. The highest BCUT2D eigenvalue weighted by Gasteiger charge is 2.17. The number of hydrogen-bond donors (Lipinski definition) is 3. The van der Waals surface area contributed by atoms with Gasteiger partial charge in [0.25, 0.3) is 11.5 Å². The van der Waals surface area contributed by atoms with Gasteiger partial charge in [0.05, 0.1) is 24.1 Å². The van der Waals surface area contributed by atoms with Crippen LogP contribution in [0.5, 0.6) is 5.75 Å². The second-order valence-electron chi connectivity index (χ2n) is 6.49. The van der Waals surface area contributed by atoms with Gasteiger partial charge in [0, 0.05) is 12.7 Å². The number of carbonyl (C=O) groups excluding carboxylic acids is 1. The average molecular weight is 383 g/mol. The van der Waals surface area contributed by atoms with Gasteiger partial charge in [0.15, 0.2) is 0 Å². The number of hydrogen-bond acceptors (Lipinski definition) is 6. The molecule has 3 N–H and O–H groups in total. The zero-order valence-electron chi connectivity index (χ0n) is 15.8. The molecule has 28 heavy (non-hydrogen) atoms. The largest absolute Gasteiger partial charge is 0.497 e. The zero-order chi connectivity index (χ0) is 20.3. The molecule has 0 bridgehead atoms. The Labute approximate surface area is 160 Å². The van der Waals surface area contributed by atoms with E-state index in [0.717, 1.165) is 11.3 Å². The average Bonchev–Trinajstić information content (AvgIpc) is 2.68. The normalized spacial score (nSPS) is 12.1. The van der Waals surface area contributed by atoms with Crippen LogP contribution >= 0.6 is 0 Å². The lowest BCUT2D eigenvalue weighted by atomic mass is 10.1. The number of benzene rings is 1.